The van der Waals surface area contributed by atoms with E-state index < -0.39 is 11.6 Å². The second-order valence-corrected chi connectivity index (χ2v) is 17.8. The van der Waals surface area contributed by atoms with Crippen molar-refractivity contribution in [3.05, 3.63) is 252 Å². The molecular formula is C64H54N2O4. The molecule has 11 rings (SSSR count). The lowest BCUT2D eigenvalue weighted by atomic mass is 9.84. The molecule has 0 amide bonds. The number of para-hydroxylation sites is 4. The first-order valence-corrected chi connectivity index (χ1v) is 23.8. The molecule has 0 saturated heterocycles. The molecule has 6 heteroatoms. The molecule has 0 saturated carbocycles. The lowest BCUT2D eigenvalue weighted by Crippen LogP contribution is -2.32. The minimum atomic E-state index is -0.881. The van der Waals surface area contributed by atoms with Crippen molar-refractivity contribution >= 4 is 78.0 Å². The van der Waals surface area contributed by atoms with E-state index >= 15 is 0 Å². The molecule has 9 aromatic rings. The molecule has 70 heavy (non-hydrogen) atoms. The van der Waals surface area contributed by atoms with Gasteiger partial charge in [-0.2, -0.15) is 0 Å². The van der Waals surface area contributed by atoms with Crippen LogP contribution in [0.15, 0.2) is 241 Å². The van der Waals surface area contributed by atoms with Crippen molar-refractivity contribution in [2.75, 3.05) is 38.2 Å². The molecule has 0 atom stereocenters. The predicted molar refractivity (Wildman–Crippen MR) is 291 cm³/mol. The second kappa shape index (κ2) is 18.9. The summed E-state index contributed by atoms with van der Waals surface area (Å²) in [6.45, 7) is 0. The maximum Gasteiger partial charge on any atom is 0.190 e. The predicted octanol–water partition coefficient (Wildman–Crippen LogP) is 15.8. The van der Waals surface area contributed by atoms with E-state index in [-0.39, 0.29) is 0 Å². The van der Waals surface area contributed by atoms with Crippen LogP contribution in [0.4, 0.5) is 22.7 Å². The minimum absolute atomic E-state index is 0.521. The van der Waals surface area contributed by atoms with Crippen molar-refractivity contribution in [3.63, 3.8) is 0 Å². The number of ether oxygens (including phenoxy) is 4. The lowest BCUT2D eigenvalue weighted by molar-refractivity contribution is -0.168. The van der Waals surface area contributed by atoms with Crippen LogP contribution in [-0.4, -0.2) is 40.0 Å². The molecule has 0 unspecified atom stereocenters. The Morgan fingerprint density at radius 2 is 0.814 bits per heavy atom. The molecule has 2 aliphatic rings. The molecular weight excluding hydrogens is 861 g/mol. The van der Waals surface area contributed by atoms with E-state index in [9.17, 15) is 0 Å². The maximum atomic E-state index is 5.99. The highest BCUT2D eigenvalue weighted by molar-refractivity contribution is 6.34. The number of nitrogens with zero attached hydrogens (tertiary/aromatic N) is 2. The number of rotatable bonds is 14. The van der Waals surface area contributed by atoms with Crippen LogP contribution in [0.25, 0.3) is 55.2 Å². The van der Waals surface area contributed by atoms with Crippen molar-refractivity contribution in [1.82, 2.24) is 0 Å². The SMILES string of the molecule is COC1(OC)C=CC(C(=Cc2cc3cccc4c5cccc6cccc(c(c2C=C(C2=CCC(OC)(OC)C=C2)N(c2ccccc2)c2ccccc2)c34)c65)N(c2ccccc2)c2ccccc2)=CC1. The van der Waals surface area contributed by atoms with Crippen molar-refractivity contribution < 1.29 is 18.9 Å². The summed E-state index contributed by atoms with van der Waals surface area (Å²) in [7, 11) is 6.79. The molecule has 9 aromatic carbocycles. The Hall–Kier alpha value is -7.84. The zero-order valence-electron chi connectivity index (χ0n) is 39.9. The van der Waals surface area contributed by atoms with Crippen LogP contribution < -0.4 is 9.80 Å². The number of allylic oxidation sites excluding steroid dienone is 2. The third-order valence-electron chi connectivity index (χ3n) is 14.0. The minimum Gasteiger partial charge on any atom is -0.349 e. The quantitative estimate of drug-likeness (QED) is 0.0615. The molecule has 6 nitrogen and oxygen atoms in total. The van der Waals surface area contributed by atoms with E-state index in [4.69, 9.17) is 18.9 Å². The van der Waals surface area contributed by atoms with Gasteiger partial charge in [0.25, 0.3) is 0 Å². The molecule has 2 aliphatic carbocycles. The Balaban J connectivity index is 1.30. The molecule has 0 N–H and O–H groups in total. The van der Waals surface area contributed by atoms with Crippen LogP contribution >= 0.6 is 0 Å². The van der Waals surface area contributed by atoms with Gasteiger partial charge in [-0.3, -0.25) is 0 Å². The number of hydrogen-bond acceptors (Lipinski definition) is 6. The van der Waals surface area contributed by atoms with Gasteiger partial charge < -0.3 is 28.7 Å². The van der Waals surface area contributed by atoms with Gasteiger partial charge in [0.15, 0.2) is 11.6 Å². The van der Waals surface area contributed by atoms with Crippen molar-refractivity contribution in [2.45, 2.75) is 24.4 Å². The summed E-state index contributed by atoms with van der Waals surface area (Å²) in [4.78, 5) is 4.74. The first kappa shape index (κ1) is 44.7. The van der Waals surface area contributed by atoms with Crippen LogP contribution in [0, 0.1) is 0 Å². The largest absolute Gasteiger partial charge is 0.349 e. The van der Waals surface area contributed by atoms with Crippen LogP contribution in [0.3, 0.4) is 0 Å². The van der Waals surface area contributed by atoms with Crippen molar-refractivity contribution in [2.24, 2.45) is 0 Å². The van der Waals surface area contributed by atoms with Crippen molar-refractivity contribution in [3.8, 4) is 0 Å². The molecule has 0 bridgehead atoms. The fourth-order valence-corrected chi connectivity index (χ4v) is 10.4. The first-order valence-electron chi connectivity index (χ1n) is 23.8. The Bertz CT molecular complexity index is 3450. The highest BCUT2D eigenvalue weighted by Gasteiger charge is 2.32. The second-order valence-electron chi connectivity index (χ2n) is 17.8. The van der Waals surface area contributed by atoms with E-state index in [0.717, 1.165) is 61.8 Å². The third-order valence-corrected chi connectivity index (χ3v) is 14.0. The van der Waals surface area contributed by atoms with E-state index in [0.29, 0.717) is 12.8 Å². The molecule has 0 heterocycles. The lowest BCUT2D eigenvalue weighted by Gasteiger charge is -2.34. The Morgan fingerprint density at radius 3 is 1.23 bits per heavy atom. The van der Waals surface area contributed by atoms with E-state index in [1.165, 1.54) is 37.7 Å². The number of benzene rings is 9. The van der Waals surface area contributed by atoms with E-state index in [1.807, 2.05) is 12.2 Å². The topological polar surface area (TPSA) is 43.4 Å². The average Bonchev–Trinajstić information content (AvgIpc) is 3.43. The standard InChI is InChI=1S/C64H54N2O4/c1-67-63(68-2)38-34-45(35-39-63)58(65(50-23-9-5-10-24-50)51-25-11-6-12-26-51)43-49-42-48-22-19-32-55-54-31-17-20-47-21-18-33-56(60(47)54)62(61(48)55)57(49)44-59(46-36-40-64(69-3,70-4)41-37-46)66(52-27-13-7-14-28-52)53-29-15-8-16-30-53/h5-38,40,42-44H,39,41H2,1-4H3. The molecule has 0 fully saturated rings. The van der Waals surface area contributed by atoms with Gasteiger partial charge in [-0.15, -0.1) is 0 Å². The first-order chi connectivity index (χ1) is 34.5. The van der Waals surface area contributed by atoms with E-state index in [2.05, 4.69) is 228 Å². The smallest absolute Gasteiger partial charge is 0.190 e. The summed E-state index contributed by atoms with van der Waals surface area (Å²) in [5.74, 6) is -1.76. The average molecular weight is 915 g/mol. The van der Waals surface area contributed by atoms with Crippen LogP contribution in [0.1, 0.15) is 24.0 Å². The van der Waals surface area contributed by atoms with Gasteiger partial charge in [-0.1, -0.05) is 152 Å². The van der Waals surface area contributed by atoms with Gasteiger partial charge in [0.2, 0.25) is 0 Å². The van der Waals surface area contributed by atoms with Crippen LogP contribution in [0.2, 0.25) is 0 Å². The summed E-state index contributed by atoms with van der Waals surface area (Å²) < 4.78 is 23.9. The fraction of sp³-hybridized carbons (Fsp3) is 0.125. The zero-order valence-corrected chi connectivity index (χ0v) is 39.9. The Kier molecular flexibility index (Phi) is 12.1. The molecule has 0 radical (unpaired) electrons. The molecule has 0 aromatic heterocycles. The van der Waals surface area contributed by atoms with Gasteiger partial charge in [-0.25, -0.2) is 0 Å². The van der Waals surface area contributed by atoms with Gasteiger partial charge >= 0.3 is 0 Å². The third kappa shape index (κ3) is 8.01. The van der Waals surface area contributed by atoms with Gasteiger partial charge in [0.1, 0.15) is 0 Å². The zero-order chi connectivity index (χ0) is 47.7. The number of anilines is 4. The highest BCUT2D eigenvalue weighted by Crippen LogP contribution is 2.47. The van der Waals surface area contributed by atoms with Gasteiger partial charge in [-0.05, 0) is 144 Å². The molecule has 0 aliphatic heterocycles. The van der Waals surface area contributed by atoms with E-state index in [1.54, 1.807) is 28.4 Å². The Morgan fingerprint density at radius 1 is 0.414 bits per heavy atom. The van der Waals surface area contributed by atoms with Crippen LogP contribution in [-0.2, 0) is 18.9 Å². The summed E-state index contributed by atoms with van der Waals surface area (Å²) in [6.07, 6.45) is 18.7. The number of fused-ring (bicyclic) bond motifs is 2. The number of methoxy groups -OCH3 is 4. The highest BCUT2D eigenvalue weighted by atomic mass is 16.7. The number of hydrogen-bond donors (Lipinski definition) is 0. The molecule has 344 valence electrons. The summed E-state index contributed by atoms with van der Waals surface area (Å²) in [5.41, 5.74) is 10.3. The maximum absolute atomic E-state index is 5.99. The van der Waals surface area contributed by atoms with Gasteiger partial charge in [0, 0.05) is 64.0 Å². The van der Waals surface area contributed by atoms with Crippen molar-refractivity contribution in [1.29, 1.82) is 0 Å². The summed E-state index contributed by atoms with van der Waals surface area (Å²) in [5, 5.41) is 9.67. The molecule has 0 spiro atoms. The summed E-state index contributed by atoms with van der Waals surface area (Å²) >= 11 is 0. The normalized spacial score (nSPS) is 15.7. The Labute approximate surface area is 409 Å². The summed E-state index contributed by atoms with van der Waals surface area (Å²) in [6, 6.07) is 65.1. The monoisotopic (exact) mass is 914 g/mol. The fourth-order valence-electron chi connectivity index (χ4n) is 10.4. The van der Waals surface area contributed by atoms with Crippen LogP contribution in [0.5, 0.6) is 0 Å². The van der Waals surface area contributed by atoms with Gasteiger partial charge in [0.05, 0.1) is 11.4 Å².